The van der Waals surface area contributed by atoms with Crippen molar-refractivity contribution in [3.63, 3.8) is 0 Å². The van der Waals surface area contributed by atoms with E-state index in [9.17, 15) is 4.39 Å². The second-order valence-corrected chi connectivity index (χ2v) is 4.77. The molecule has 0 fully saturated rings. The van der Waals surface area contributed by atoms with Gasteiger partial charge in [-0.25, -0.2) is 4.39 Å². The summed E-state index contributed by atoms with van der Waals surface area (Å²) in [4.78, 5) is 0. The predicted octanol–water partition coefficient (Wildman–Crippen LogP) is 2.79. The largest absolute Gasteiger partial charge is 0.496 e. The second kappa shape index (κ2) is 5.30. The quantitative estimate of drug-likeness (QED) is 0.836. The Balaban J connectivity index is 2.90. The Hall–Kier alpha value is -1.09. The molecule has 1 aromatic rings. The number of ether oxygens (including phenoxy) is 1. The van der Waals surface area contributed by atoms with Crippen LogP contribution in [0.1, 0.15) is 25.8 Å². The van der Waals surface area contributed by atoms with Gasteiger partial charge in [-0.1, -0.05) is 13.8 Å². The molecular formula is C13H19FO2. The summed E-state index contributed by atoms with van der Waals surface area (Å²) in [6, 6.07) is 4.53. The molecule has 1 rings (SSSR count). The summed E-state index contributed by atoms with van der Waals surface area (Å²) in [5.41, 5.74) is 0.788. The third kappa shape index (κ3) is 3.49. The minimum Gasteiger partial charge on any atom is -0.496 e. The van der Waals surface area contributed by atoms with Crippen LogP contribution in [0.2, 0.25) is 0 Å². The van der Waals surface area contributed by atoms with E-state index >= 15 is 0 Å². The normalized spacial score (nSPS) is 11.6. The first-order valence-electron chi connectivity index (χ1n) is 5.42. The number of hydrogen-bond acceptors (Lipinski definition) is 2. The van der Waals surface area contributed by atoms with Crippen LogP contribution in [0.3, 0.4) is 0 Å². The van der Waals surface area contributed by atoms with Crippen LogP contribution in [-0.2, 0) is 6.42 Å². The lowest BCUT2D eigenvalue weighted by atomic mass is 9.83. The Morgan fingerprint density at radius 2 is 2.06 bits per heavy atom. The molecule has 0 amide bonds. The summed E-state index contributed by atoms with van der Waals surface area (Å²) in [7, 11) is 1.58. The summed E-state index contributed by atoms with van der Waals surface area (Å²) >= 11 is 0. The Labute approximate surface area is 96.1 Å². The maximum Gasteiger partial charge on any atom is 0.123 e. The van der Waals surface area contributed by atoms with Gasteiger partial charge < -0.3 is 9.84 Å². The van der Waals surface area contributed by atoms with Crippen molar-refractivity contribution in [1.82, 2.24) is 0 Å². The molecule has 1 aromatic carbocycles. The van der Waals surface area contributed by atoms with Crippen molar-refractivity contribution in [3.05, 3.63) is 29.6 Å². The zero-order chi connectivity index (χ0) is 12.2. The highest BCUT2D eigenvalue weighted by Gasteiger charge is 2.20. The van der Waals surface area contributed by atoms with Crippen LogP contribution in [0.4, 0.5) is 4.39 Å². The van der Waals surface area contributed by atoms with Gasteiger partial charge in [-0.15, -0.1) is 0 Å². The van der Waals surface area contributed by atoms with E-state index in [-0.39, 0.29) is 17.8 Å². The summed E-state index contributed by atoms with van der Waals surface area (Å²) in [5.74, 6) is 0.447. The molecule has 0 aromatic heterocycles. The highest BCUT2D eigenvalue weighted by Crippen LogP contribution is 2.30. The van der Waals surface area contributed by atoms with Gasteiger partial charge in [0.2, 0.25) is 0 Å². The van der Waals surface area contributed by atoms with E-state index < -0.39 is 0 Å². The zero-order valence-corrected chi connectivity index (χ0v) is 10.1. The van der Waals surface area contributed by atoms with Crippen LogP contribution in [0, 0.1) is 11.2 Å². The first-order chi connectivity index (χ1) is 7.48. The van der Waals surface area contributed by atoms with Gasteiger partial charge in [0.1, 0.15) is 11.6 Å². The first kappa shape index (κ1) is 13.0. The number of hydrogen-bond donors (Lipinski definition) is 1. The average Bonchev–Trinajstić information content (AvgIpc) is 2.17. The molecule has 0 unspecified atom stereocenters. The van der Waals surface area contributed by atoms with Crippen LogP contribution >= 0.6 is 0 Å². The molecule has 0 atom stereocenters. The van der Waals surface area contributed by atoms with Crippen LogP contribution in [0.5, 0.6) is 5.75 Å². The fourth-order valence-corrected chi connectivity index (χ4v) is 1.79. The van der Waals surface area contributed by atoms with Crippen molar-refractivity contribution < 1.29 is 14.2 Å². The molecule has 1 N–H and O–H groups in total. The van der Waals surface area contributed by atoms with Crippen molar-refractivity contribution in [2.45, 2.75) is 26.7 Å². The van der Waals surface area contributed by atoms with Crippen molar-refractivity contribution >= 4 is 0 Å². The van der Waals surface area contributed by atoms with Gasteiger partial charge in [-0.05, 0) is 42.0 Å². The highest BCUT2D eigenvalue weighted by molar-refractivity contribution is 5.34. The Kier molecular flexibility index (Phi) is 4.30. The molecule has 90 valence electrons. The second-order valence-electron chi connectivity index (χ2n) is 4.77. The van der Waals surface area contributed by atoms with Crippen LogP contribution in [0.25, 0.3) is 0 Å². The predicted molar refractivity (Wildman–Crippen MR) is 62.1 cm³/mol. The van der Waals surface area contributed by atoms with E-state index in [1.807, 2.05) is 13.8 Å². The van der Waals surface area contributed by atoms with E-state index in [0.29, 0.717) is 18.6 Å². The molecule has 0 heterocycles. The lowest BCUT2D eigenvalue weighted by Gasteiger charge is -2.24. The molecule has 0 aliphatic rings. The SMILES string of the molecule is COc1ccc(F)cc1CC(C)(C)CCO. The van der Waals surface area contributed by atoms with Crippen molar-refractivity contribution in [3.8, 4) is 5.75 Å². The number of halogens is 1. The fourth-order valence-electron chi connectivity index (χ4n) is 1.79. The molecule has 0 spiro atoms. The van der Waals surface area contributed by atoms with E-state index in [1.54, 1.807) is 13.2 Å². The molecule has 0 saturated carbocycles. The molecule has 16 heavy (non-hydrogen) atoms. The standard InChI is InChI=1S/C13H19FO2/c1-13(2,6-7-15)9-10-8-11(14)4-5-12(10)16-3/h4-5,8,15H,6-7,9H2,1-3H3. The molecule has 0 saturated heterocycles. The lowest BCUT2D eigenvalue weighted by Crippen LogP contribution is -2.17. The zero-order valence-electron chi connectivity index (χ0n) is 10.1. The number of methoxy groups -OCH3 is 1. The Bertz CT molecular complexity index is 348. The van der Waals surface area contributed by atoms with E-state index in [1.165, 1.54) is 12.1 Å². The summed E-state index contributed by atoms with van der Waals surface area (Å²) in [5, 5.41) is 8.96. The number of aliphatic hydroxyl groups is 1. The molecule has 3 heteroatoms. The average molecular weight is 226 g/mol. The van der Waals surface area contributed by atoms with Gasteiger partial charge in [0.25, 0.3) is 0 Å². The van der Waals surface area contributed by atoms with Gasteiger partial charge in [0, 0.05) is 6.61 Å². The summed E-state index contributed by atoms with van der Waals surface area (Å²) < 4.78 is 18.3. The van der Waals surface area contributed by atoms with Gasteiger partial charge >= 0.3 is 0 Å². The highest BCUT2D eigenvalue weighted by atomic mass is 19.1. The molecule has 2 nitrogen and oxygen atoms in total. The summed E-state index contributed by atoms with van der Waals surface area (Å²) in [6.07, 6.45) is 1.38. The van der Waals surface area contributed by atoms with Crippen molar-refractivity contribution in [1.29, 1.82) is 0 Å². The molecule has 0 radical (unpaired) electrons. The van der Waals surface area contributed by atoms with Gasteiger partial charge in [-0.3, -0.25) is 0 Å². The molecule has 0 bridgehead atoms. The number of rotatable bonds is 5. The Morgan fingerprint density at radius 1 is 1.38 bits per heavy atom. The third-order valence-electron chi connectivity index (χ3n) is 2.70. The van der Waals surface area contributed by atoms with Gasteiger partial charge in [-0.2, -0.15) is 0 Å². The summed E-state index contributed by atoms with van der Waals surface area (Å²) in [6.45, 7) is 4.24. The molecular weight excluding hydrogens is 207 g/mol. The van der Waals surface area contributed by atoms with E-state index in [2.05, 4.69) is 0 Å². The maximum atomic E-state index is 13.1. The van der Waals surface area contributed by atoms with Crippen LogP contribution in [-0.4, -0.2) is 18.8 Å². The molecule has 0 aliphatic carbocycles. The van der Waals surface area contributed by atoms with Crippen LogP contribution < -0.4 is 4.74 Å². The lowest BCUT2D eigenvalue weighted by molar-refractivity contribution is 0.209. The number of benzene rings is 1. The minimum atomic E-state index is -0.254. The van der Waals surface area contributed by atoms with E-state index in [0.717, 1.165) is 5.56 Å². The monoisotopic (exact) mass is 226 g/mol. The first-order valence-corrected chi connectivity index (χ1v) is 5.42. The van der Waals surface area contributed by atoms with E-state index in [4.69, 9.17) is 9.84 Å². The smallest absolute Gasteiger partial charge is 0.123 e. The minimum absolute atomic E-state index is 0.0597. The number of aliphatic hydroxyl groups excluding tert-OH is 1. The maximum absolute atomic E-state index is 13.1. The van der Waals surface area contributed by atoms with Crippen LogP contribution in [0.15, 0.2) is 18.2 Å². The van der Waals surface area contributed by atoms with Gasteiger partial charge in [0.15, 0.2) is 0 Å². The van der Waals surface area contributed by atoms with Gasteiger partial charge in [0.05, 0.1) is 7.11 Å². The topological polar surface area (TPSA) is 29.5 Å². The third-order valence-corrected chi connectivity index (χ3v) is 2.70. The van der Waals surface area contributed by atoms with Crippen molar-refractivity contribution in [2.24, 2.45) is 5.41 Å². The molecule has 0 aliphatic heterocycles. The van der Waals surface area contributed by atoms with Crippen molar-refractivity contribution in [2.75, 3.05) is 13.7 Å². The Morgan fingerprint density at radius 3 is 2.62 bits per heavy atom. The fraction of sp³-hybridized carbons (Fsp3) is 0.538.